The molecule has 0 fully saturated rings. The van der Waals surface area contributed by atoms with Gasteiger partial charge in [-0.05, 0) is 42.1 Å². The zero-order valence-corrected chi connectivity index (χ0v) is 15.2. The number of anilines is 1. The summed E-state index contributed by atoms with van der Waals surface area (Å²) in [5.74, 6) is 1.11. The summed E-state index contributed by atoms with van der Waals surface area (Å²) in [5.41, 5.74) is 1.00. The van der Waals surface area contributed by atoms with Crippen LogP contribution in [0.4, 0.5) is 5.13 Å². The molecule has 3 aromatic rings. The van der Waals surface area contributed by atoms with Gasteiger partial charge in [0.25, 0.3) is 5.91 Å². The van der Waals surface area contributed by atoms with Gasteiger partial charge in [0, 0.05) is 10.9 Å². The summed E-state index contributed by atoms with van der Waals surface area (Å²) in [7, 11) is 0. The predicted octanol–water partition coefficient (Wildman–Crippen LogP) is 4.07. The lowest BCUT2D eigenvalue weighted by atomic mass is 10.3. The van der Waals surface area contributed by atoms with Crippen LogP contribution in [0.15, 0.2) is 41.1 Å². The minimum atomic E-state index is -0.278. The van der Waals surface area contributed by atoms with E-state index in [1.807, 2.05) is 29.0 Å². The van der Waals surface area contributed by atoms with Crippen LogP contribution in [0.2, 0.25) is 0 Å². The van der Waals surface area contributed by atoms with E-state index in [1.165, 1.54) is 11.3 Å². The highest BCUT2D eigenvalue weighted by atomic mass is 32.1. The van der Waals surface area contributed by atoms with E-state index in [4.69, 9.17) is 9.47 Å². The lowest BCUT2D eigenvalue weighted by Gasteiger charge is -2.07. The van der Waals surface area contributed by atoms with Gasteiger partial charge in [-0.2, -0.15) is 11.3 Å². The molecule has 0 saturated heterocycles. The van der Waals surface area contributed by atoms with E-state index in [9.17, 15) is 4.79 Å². The van der Waals surface area contributed by atoms with E-state index in [1.54, 1.807) is 23.5 Å². The van der Waals surface area contributed by atoms with Crippen molar-refractivity contribution in [2.24, 2.45) is 0 Å². The number of nitrogens with one attached hydrogen (secondary N) is 1. The first-order valence-electron chi connectivity index (χ1n) is 7.76. The van der Waals surface area contributed by atoms with E-state index in [-0.39, 0.29) is 12.5 Å². The second-order valence-electron chi connectivity index (χ2n) is 5.08. The number of nitrogens with zero attached hydrogens (tertiary/aromatic N) is 2. The SMILES string of the molecule is CCCOc1ccc(OCC(=O)Nc2nnc(-c3ccsc3)s2)cc1. The number of hydrogen-bond acceptors (Lipinski definition) is 7. The largest absolute Gasteiger partial charge is 0.494 e. The molecule has 1 amide bonds. The molecular weight excluding hydrogens is 358 g/mol. The van der Waals surface area contributed by atoms with Crippen LogP contribution in [0.5, 0.6) is 11.5 Å². The Bertz CT molecular complexity index is 801. The van der Waals surface area contributed by atoms with Gasteiger partial charge >= 0.3 is 0 Å². The summed E-state index contributed by atoms with van der Waals surface area (Å²) in [5, 5.41) is 15.9. The second-order valence-corrected chi connectivity index (χ2v) is 6.84. The normalized spacial score (nSPS) is 10.4. The maximum atomic E-state index is 12.0. The maximum absolute atomic E-state index is 12.0. The predicted molar refractivity (Wildman–Crippen MR) is 99.6 cm³/mol. The standard InChI is InChI=1S/C17H17N3O3S2/c1-2-8-22-13-3-5-14(6-4-13)23-10-15(21)18-17-20-19-16(25-17)12-7-9-24-11-12/h3-7,9,11H,2,8,10H2,1H3,(H,18,20,21). The molecule has 0 aliphatic carbocycles. The Labute approximate surface area is 153 Å². The molecule has 25 heavy (non-hydrogen) atoms. The van der Waals surface area contributed by atoms with E-state index in [0.29, 0.717) is 17.5 Å². The zero-order valence-electron chi connectivity index (χ0n) is 13.6. The first-order valence-corrected chi connectivity index (χ1v) is 9.52. The van der Waals surface area contributed by atoms with Crippen LogP contribution in [0, 0.1) is 0 Å². The van der Waals surface area contributed by atoms with E-state index in [2.05, 4.69) is 22.4 Å². The Kier molecular flexibility index (Phi) is 5.97. The van der Waals surface area contributed by atoms with E-state index < -0.39 is 0 Å². The summed E-state index contributed by atoms with van der Waals surface area (Å²) in [6.07, 6.45) is 0.957. The maximum Gasteiger partial charge on any atom is 0.264 e. The number of aromatic nitrogens is 2. The Morgan fingerprint density at radius 3 is 2.56 bits per heavy atom. The third-order valence-electron chi connectivity index (χ3n) is 3.11. The molecule has 0 spiro atoms. The molecule has 2 heterocycles. The van der Waals surface area contributed by atoms with Gasteiger partial charge in [-0.3, -0.25) is 10.1 Å². The molecule has 8 heteroatoms. The first-order chi connectivity index (χ1) is 12.2. The summed E-state index contributed by atoms with van der Waals surface area (Å²) >= 11 is 2.92. The first kappa shape index (κ1) is 17.4. The topological polar surface area (TPSA) is 73.3 Å². The minimum absolute atomic E-state index is 0.0947. The number of carbonyl (C=O) groups excluding carboxylic acids is 1. The second kappa shape index (κ2) is 8.59. The van der Waals surface area contributed by atoms with Crippen molar-refractivity contribution in [2.45, 2.75) is 13.3 Å². The molecule has 0 unspecified atom stereocenters. The quantitative estimate of drug-likeness (QED) is 0.642. The fourth-order valence-corrected chi connectivity index (χ4v) is 3.40. The number of thiophene rings is 1. The molecule has 0 aliphatic heterocycles. The van der Waals surface area contributed by atoms with Crippen LogP contribution < -0.4 is 14.8 Å². The highest BCUT2D eigenvalue weighted by Crippen LogP contribution is 2.27. The lowest BCUT2D eigenvalue weighted by molar-refractivity contribution is -0.118. The summed E-state index contributed by atoms with van der Waals surface area (Å²) < 4.78 is 11.0. The van der Waals surface area contributed by atoms with E-state index >= 15 is 0 Å². The molecule has 0 bridgehead atoms. The molecule has 2 aromatic heterocycles. The molecule has 1 aromatic carbocycles. The summed E-state index contributed by atoms with van der Waals surface area (Å²) in [6.45, 7) is 2.64. The third kappa shape index (κ3) is 5.01. The Hall–Kier alpha value is -2.45. The monoisotopic (exact) mass is 375 g/mol. The van der Waals surface area contributed by atoms with Crippen molar-refractivity contribution in [3.05, 3.63) is 41.1 Å². The minimum Gasteiger partial charge on any atom is -0.494 e. The highest BCUT2D eigenvalue weighted by Gasteiger charge is 2.10. The highest BCUT2D eigenvalue weighted by molar-refractivity contribution is 7.19. The van der Waals surface area contributed by atoms with Crippen molar-refractivity contribution in [3.8, 4) is 22.1 Å². The van der Waals surface area contributed by atoms with E-state index in [0.717, 1.165) is 22.7 Å². The van der Waals surface area contributed by atoms with Gasteiger partial charge in [-0.15, -0.1) is 10.2 Å². The number of rotatable bonds is 8. The lowest BCUT2D eigenvalue weighted by Crippen LogP contribution is -2.20. The van der Waals surface area contributed by atoms with Gasteiger partial charge in [-0.25, -0.2) is 0 Å². The molecule has 1 N–H and O–H groups in total. The molecule has 0 saturated carbocycles. The van der Waals surface area contributed by atoms with Crippen LogP contribution >= 0.6 is 22.7 Å². The smallest absolute Gasteiger partial charge is 0.264 e. The number of carbonyl (C=O) groups is 1. The van der Waals surface area contributed by atoms with Gasteiger partial charge in [0.2, 0.25) is 5.13 Å². The fourth-order valence-electron chi connectivity index (χ4n) is 1.93. The van der Waals surface area contributed by atoms with Crippen molar-refractivity contribution in [1.29, 1.82) is 0 Å². The van der Waals surface area contributed by atoms with Gasteiger partial charge in [0.05, 0.1) is 6.61 Å². The Morgan fingerprint density at radius 1 is 1.12 bits per heavy atom. The number of ether oxygens (including phenoxy) is 2. The van der Waals surface area contributed by atoms with Crippen molar-refractivity contribution in [1.82, 2.24) is 10.2 Å². The van der Waals surface area contributed by atoms with Gasteiger partial charge in [-0.1, -0.05) is 18.3 Å². The third-order valence-corrected chi connectivity index (χ3v) is 4.68. The van der Waals surface area contributed by atoms with Crippen molar-refractivity contribution < 1.29 is 14.3 Å². The number of amides is 1. The molecule has 0 atom stereocenters. The molecular formula is C17H17N3O3S2. The zero-order chi connectivity index (χ0) is 17.5. The van der Waals surface area contributed by atoms with Crippen LogP contribution in [0.1, 0.15) is 13.3 Å². The number of benzene rings is 1. The van der Waals surface area contributed by atoms with Crippen LogP contribution in [0.3, 0.4) is 0 Å². The molecule has 6 nitrogen and oxygen atoms in total. The Balaban J connectivity index is 1.48. The van der Waals surface area contributed by atoms with Crippen molar-refractivity contribution in [3.63, 3.8) is 0 Å². The molecule has 0 aliphatic rings. The van der Waals surface area contributed by atoms with Gasteiger partial charge in [0.15, 0.2) is 6.61 Å². The molecule has 3 rings (SSSR count). The summed E-state index contributed by atoms with van der Waals surface area (Å²) in [4.78, 5) is 12.0. The molecule has 130 valence electrons. The average Bonchev–Trinajstić information content (AvgIpc) is 3.30. The van der Waals surface area contributed by atoms with Gasteiger partial charge in [0.1, 0.15) is 16.5 Å². The van der Waals surface area contributed by atoms with Crippen LogP contribution in [0.25, 0.3) is 10.6 Å². The summed E-state index contributed by atoms with van der Waals surface area (Å²) in [6, 6.07) is 9.16. The fraction of sp³-hybridized carbons (Fsp3) is 0.235. The molecule has 0 radical (unpaired) electrons. The van der Waals surface area contributed by atoms with Gasteiger partial charge < -0.3 is 9.47 Å². The van der Waals surface area contributed by atoms with Crippen LogP contribution in [-0.2, 0) is 4.79 Å². The van der Waals surface area contributed by atoms with Crippen molar-refractivity contribution >= 4 is 33.7 Å². The van der Waals surface area contributed by atoms with Crippen LogP contribution in [-0.4, -0.2) is 29.3 Å². The average molecular weight is 375 g/mol. The number of hydrogen-bond donors (Lipinski definition) is 1. The Morgan fingerprint density at radius 2 is 1.88 bits per heavy atom. The van der Waals surface area contributed by atoms with Crippen molar-refractivity contribution in [2.75, 3.05) is 18.5 Å².